The average Bonchev–Trinajstić information content (AvgIpc) is 2.71. The van der Waals surface area contributed by atoms with Gasteiger partial charge in [-0.1, -0.05) is 0 Å². The maximum Gasteiger partial charge on any atom is 0.157 e. The van der Waals surface area contributed by atoms with Gasteiger partial charge in [-0.25, -0.2) is 4.98 Å². The van der Waals surface area contributed by atoms with E-state index in [1.807, 2.05) is 10.6 Å². The third-order valence-electron chi connectivity index (χ3n) is 2.87. The second kappa shape index (κ2) is 2.47. The third kappa shape index (κ3) is 0.828. The standard InChI is InChI=1S/C10H12N4/c1-7-8-4-6-13(2)10(8)14-9(12-7)3-5-11-14/h3,5H,4,6H2,1-2H3. The first kappa shape index (κ1) is 7.79. The molecule has 0 saturated carbocycles. The van der Waals surface area contributed by atoms with Crippen LogP contribution in [0, 0.1) is 6.92 Å². The van der Waals surface area contributed by atoms with Crippen LogP contribution in [0.4, 0.5) is 5.82 Å². The molecule has 3 heterocycles. The van der Waals surface area contributed by atoms with Crippen molar-refractivity contribution in [2.75, 3.05) is 18.5 Å². The van der Waals surface area contributed by atoms with E-state index in [4.69, 9.17) is 0 Å². The molecule has 0 atom stereocenters. The van der Waals surface area contributed by atoms with Crippen LogP contribution in [0.3, 0.4) is 0 Å². The molecule has 1 aliphatic heterocycles. The van der Waals surface area contributed by atoms with Crippen LogP contribution in [-0.2, 0) is 6.42 Å². The van der Waals surface area contributed by atoms with Gasteiger partial charge >= 0.3 is 0 Å². The largest absolute Gasteiger partial charge is 0.359 e. The van der Waals surface area contributed by atoms with Crippen molar-refractivity contribution in [3.63, 3.8) is 0 Å². The summed E-state index contributed by atoms with van der Waals surface area (Å²) >= 11 is 0. The Morgan fingerprint density at radius 1 is 1.43 bits per heavy atom. The minimum Gasteiger partial charge on any atom is -0.359 e. The molecule has 0 saturated heterocycles. The number of aromatic nitrogens is 3. The van der Waals surface area contributed by atoms with Crippen molar-refractivity contribution in [3.8, 4) is 0 Å². The molecule has 0 radical (unpaired) electrons. The van der Waals surface area contributed by atoms with Gasteiger partial charge in [-0.3, -0.25) is 0 Å². The lowest BCUT2D eigenvalue weighted by Crippen LogP contribution is -2.16. The molecule has 0 aliphatic carbocycles. The fourth-order valence-electron chi connectivity index (χ4n) is 2.14. The minimum absolute atomic E-state index is 0.940. The molecule has 1 aliphatic rings. The Balaban J connectivity index is 2.45. The number of hydrogen-bond donors (Lipinski definition) is 0. The first-order valence-electron chi connectivity index (χ1n) is 4.82. The molecule has 0 amide bonds. The van der Waals surface area contributed by atoms with E-state index in [-0.39, 0.29) is 0 Å². The molecule has 0 N–H and O–H groups in total. The molecule has 0 bridgehead atoms. The second-order valence-electron chi connectivity index (χ2n) is 3.77. The van der Waals surface area contributed by atoms with Gasteiger partial charge in [0.05, 0.1) is 6.20 Å². The highest BCUT2D eigenvalue weighted by molar-refractivity contribution is 5.59. The van der Waals surface area contributed by atoms with Crippen LogP contribution in [0.5, 0.6) is 0 Å². The van der Waals surface area contributed by atoms with Crippen molar-refractivity contribution in [1.29, 1.82) is 0 Å². The Kier molecular flexibility index (Phi) is 1.37. The SMILES string of the molecule is Cc1nc2ccnn2c2c1CCN2C. The van der Waals surface area contributed by atoms with Crippen molar-refractivity contribution < 1.29 is 0 Å². The molecular formula is C10H12N4. The maximum absolute atomic E-state index is 4.52. The van der Waals surface area contributed by atoms with Crippen LogP contribution >= 0.6 is 0 Å². The lowest BCUT2D eigenvalue weighted by atomic mass is 10.2. The van der Waals surface area contributed by atoms with E-state index in [0.717, 1.165) is 24.3 Å². The highest BCUT2D eigenvalue weighted by atomic mass is 15.3. The van der Waals surface area contributed by atoms with E-state index in [9.17, 15) is 0 Å². The predicted octanol–water partition coefficient (Wildman–Crippen LogP) is 1.03. The second-order valence-corrected chi connectivity index (χ2v) is 3.77. The zero-order valence-corrected chi connectivity index (χ0v) is 8.36. The molecule has 0 fully saturated rings. The summed E-state index contributed by atoms with van der Waals surface area (Å²) in [5, 5.41) is 4.29. The van der Waals surface area contributed by atoms with Crippen molar-refractivity contribution in [3.05, 3.63) is 23.5 Å². The Morgan fingerprint density at radius 3 is 3.14 bits per heavy atom. The first-order valence-corrected chi connectivity index (χ1v) is 4.82. The number of aryl methyl sites for hydroxylation is 1. The summed E-state index contributed by atoms with van der Waals surface area (Å²) in [7, 11) is 2.10. The molecule has 4 heteroatoms. The fourth-order valence-corrected chi connectivity index (χ4v) is 2.14. The minimum atomic E-state index is 0.940. The number of fused-ring (bicyclic) bond motifs is 3. The van der Waals surface area contributed by atoms with Crippen molar-refractivity contribution in [2.24, 2.45) is 0 Å². The van der Waals surface area contributed by atoms with Crippen molar-refractivity contribution in [1.82, 2.24) is 14.6 Å². The Labute approximate surface area is 82.2 Å². The zero-order valence-electron chi connectivity index (χ0n) is 8.36. The monoisotopic (exact) mass is 188 g/mol. The van der Waals surface area contributed by atoms with E-state index < -0.39 is 0 Å². The van der Waals surface area contributed by atoms with Crippen molar-refractivity contribution >= 4 is 11.5 Å². The molecule has 0 aromatic carbocycles. The highest BCUT2D eigenvalue weighted by Crippen LogP contribution is 2.28. The van der Waals surface area contributed by atoms with Crippen LogP contribution in [0.25, 0.3) is 5.65 Å². The van der Waals surface area contributed by atoms with Gasteiger partial charge in [-0.05, 0) is 13.3 Å². The van der Waals surface area contributed by atoms with Gasteiger partial charge in [0.1, 0.15) is 5.82 Å². The molecule has 14 heavy (non-hydrogen) atoms. The average molecular weight is 188 g/mol. The van der Waals surface area contributed by atoms with Crippen LogP contribution in [0.15, 0.2) is 12.3 Å². The van der Waals surface area contributed by atoms with Gasteiger partial charge in [-0.2, -0.15) is 9.61 Å². The van der Waals surface area contributed by atoms with Gasteiger partial charge < -0.3 is 4.90 Å². The first-order chi connectivity index (χ1) is 6.77. The lowest BCUT2D eigenvalue weighted by Gasteiger charge is -2.13. The molecule has 3 rings (SSSR count). The number of hydrogen-bond acceptors (Lipinski definition) is 3. The Hall–Kier alpha value is -1.58. The Bertz CT molecular complexity index is 500. The number of likely N-dealkylation sites (N-methyl/N-ethyl adjacent to an activating group) is 1. The van der Waals surface area contributed by atoms with Crippen LogP contribution in [-0.4, -0.2) is 28.2 Å². The highest BCUT2D eigenvalue weighted by Gasteiger charge is 2.22. The van der Waals surface area contributed by atoms with E-state index in [0.29, 0.717) is 0 Å². The van der Waals surface area contributed by atoms with Crippen molar-refractivity contribution in [2.45, 2.75) is 13.3 Å². The van der Waals surface area contributed by atoms with E-state index in [2.05, 4.69) is 29.0 Å². The molecule has 4 nitrogen and oxygen atoms in total. The third-order valence-corrected chi connectivity index (χ3v) is 2.87. The normalized spacial score (nSPS) is 15.1. The quantitative estimate of drug-likeness (QED) is 0.619. The van der Waals surface area contributed by atoms with E-state index in [1.165, 1.54) is 11.4 Å². The van der Waals surface area contributed by atoms with Gasteiger partial charge in [-0.15, -0.1) is 0 Å². The molecule has 0 unspecified atom stereocenters. The predicted molar refractivity (Wildman–Crippen MR) is 54.7 cm³/mol. The van der Waals surface area contributed by atoms with E-state index >= 15 is 0 Å². The molecule has 72 valence electrons. The molecular weight excluding hydrogens is 176 g/mol. The topological polar surface area (TPSA) is 33.4 Å². The molecule has 2 aromatic heterocycles. The molecule has 2 aromatic rings. The summed E-state index contributed by atoms with van der Waals surface area (Å²) in [5.74, 6) is 1.21. The summed E-state index contributed by atoms with van der Waals surface area (Å²) in [6.07, 6.45) is 2.88. The van der Waals surface area contributed by atoms with Gasteiger partial charge in [0.25, 0.3) is 0 Å². The Morgan fingerprint density at radius 2 is 2.29 bits per heavy atom. The van der Waals surface area contributed by atoms with E-state index in [1.54, 1.807) is 6.20 Å². The van der Waals surface area contributed by atoms with Crippen LogP contribution in [0.2, 0.25) is 0 Å². The summed E-state index contributed by atoms with van der Waals surface area (Å²) < 4.78 is 1.93. The number of anilines is 1. The van der Waals surface area contributed by atoms with Gasteiger partial charge in [0.2, 0.25) is 0 Å². The van der Waals surface area contributed by atoms with Crippen LogP contribution < -0.4 is 4.90 Å². The fraction of sp³-hybridized carbons (Fsp3) is 0.400. The summed E-state index contributed by atoms with van der Waals surface area (Å²) in [4.78, 5) is 6.76. The number of nitrogens with zero attached hydrogens (tertiary/aromatic N) is 4. The molecule has 0 spiro atoms. The zero-order chi connectivity index (χ0) is 9.71. The van der Waals surface area contributed by atoms with Crippen LogP contribution in [0.1, 0.15) is 11.3 Å². The van der Waals surface area contributed by atoms with Gasteiger partial charge in [0.15, 0.2) is 5.65 Å². The number of rotatable bonds is 0. The lowest BCUT2D eigenvalue weighted by molar-refractivity contribution is 0.883. The van der Waals surface area contributed by atoms with Gasteiger partial charge in [0, 0.05) is 30.9 Å². The maximum atomic E-state index is 4.52. The summed E-state index contributed by atoms with van der Waals surface area (Å²) in [6, 6.07) is 1.94. The summed E-state index contributed by atoms with van der Waals surface area (Å²) in [6.45, 7) is 3.14. The smallest absolute Gasteiger partial charge is 0.157 e. The summed E-state index contributed by atoms with van der Waals surface area (Å²) in [5.41, 5.74) is 3.41.